The summed E-state index contributed by atoms with van der Waals surface area (Å²) in [6, 6.07) is 9.04. The van der Waals surface area contributed by atoms with Gasteiger partial charge in [0.2, 0.25) is 0 Å². The summed E-state index contributed by atoms with van der Waals surface area (Å²) >= 11 is 0. The second kappa shape index (κ2) is 9.65. The number of aromatic nitrogens is 1. The second-order valence-corrected chi connectivity index (χ2v) is 6.03. The minimum atomic E-state index is -0.374. The normalized spacial score (nSPS) is 10.4. The number of carbonyl (C=O) groups is 2. The quantitative estimate of drug-likeness (QED) is 0.787. The van der Waals surface area contributed by atoms with Crippen molar-refractivity contribution in [3.8, 4) is 0 Å². The molecule has 0 bridgehead atoms. The summed E-state index contributed by atoms with van der Waals surface area (Å²) < 4.78 is 12.9. The molecule has 0 fully saturated rings. The molecule has 1 heterocycles. The molecular weight excluding hydrogens is 333 g/mol. The van der Waals surface area contributed by atoms with Crippen LogP contribution in [0.2, 0.25) is 0 Å². The van der Waals surface area contributed by atoms with Crippen molar-refractivity contribution >= 4 is 11.8 Å². The number of benzene rings is 1. The fourth-order valence-corrected chi connectivity index (χ4v) is 2.60. The van der Waals surface area contributed by atoms with Gasteiger partial charge in [0.15, 0.2) is 0 Å². The van der Waals surface area contributed by atoms with Crippen molar-refractivity contribution in [1.82, 2.24) is 15.2 Å². The highest BCUT2D eigenvalue weighted by atomic mass is 19.1. The molecule has 0 saturated carbocycles. The summed E-state index contributed by atoms with van der Waals surface area (Å²) in [5.74, 6) is -0.790. The van der Waals surface area contributed by atoms with E-state index in [0.717, 1.165) is 18.4 Å². The maximum atomic E-state index is 12.9. The smallest absolute Gasteiger partial charge is 0.270 e. The molecule has 0 aliphatic heterocycles. The minimum Gasteiger partial charge on any atom is -0.347 e. The van der Waals surface area contributed by atoms with Crippen molar-refractivity contribution in [1.29, 1.82) is 0 Å². The fourth-order valence-electron chi connectivity index (χ4n) is 2.60. The molecule has 138 valence electrons. The maximum absolute atomic E-state index is 12.9. The molecule has 0 radical (unpaired) electrons. The Kier molecular flexibility index (Phi) is 7.26. The lowest BCUT2D eigenvalue weighted by Crippen LogP contribution is -2.33. The zero-order valence-corrected chi connectivity index (χ0v) is 15.2. The van der Waals surface area contributed by atoms with Crippen LogP contribution in [0.1, 0.15) is 53.1 Å². The molecule has 1 aromatic carbocycles. The lowest BCUT2D eigenvalue weighted by molar-refractivity contribution is 0.0755. The Balaban J connectivity index is 2.05. The van der Waals surface area contributed by atoms with Gasteiger partial charge in [-0.25, -0.2) is 4.39 Å². The Hall–Kier alpha value is -2.76. The maximum Gasteiger partial charge on any atom is 0.270 e. The van der Waals surface area contributed by atoms with Gasteiger partial charge in [-0.1, -0.05) is 26.0 Å². The topological polar surface area (TPSA) is 62.3 Å². The molecule has 2 aromatic rings. The predicted octanol–water partition coefficient (Wildman–Crippen LogP) is 3.41. The Morgan fingerprint density at radius 2 is 1.73 bits per heavy atom. The van der Waals surface area contributed by atoms with Gasteiger partial charge in [0, 0.05) is 31.4 Å². The van der Waals surface area contributed by atoms with Gasteiger partial charge in [-0.15, -0.1) is 0 Å². The van der Waals surface area contributed by atoms with Gasteiger partial charge in [0.05, 0.1) is 0 Å². The largest absolute Gasteiger partial charge is 0.347 e. The molecule has 0 unspecified atom stereocenters. The number of hydrogen-bond donors (Lipinski definition) is 1. The third-order valence-electron chi connectivity index (χ3n) is 3.88. The highest BCUT2D eigenvalue weighted by Gasteiger charge is 2.16. The molecule has 6 heteroatoms. The van der Waals surface area contributed by atoms with Crippen molar-refractivity contribution < 1.29 is 14.0 Å². The molecule has 0 spiro atoms. The number of rotatable bonds is 8. The first-order chi connectivity index (χ1) is 12.5. The van der Waals surface area contributed by atoms with Gasteiger partial charge >= 0.3 is 0 Å². The Labute approximate surface area is 153 Å². The Bertz CT molecular complexity index is 741. The van der Waals surface area contributed by atoms with E-state index >= 15 is 0 Å². The molecule has 26 heavy (non-hydrogen) atoms. The summed E-state index contributed by atoms with van der Waals surface area (Å²) in [4.78, 5) is 30.8. The van der Waals surface area contributed by atoms with Gasteiger partial charge < -0.3 is 10.2 Å². The average Bonchev–Trinajstić information content (AvgIpc) is 2.66. The highest BCUT2D eigenvalue weighted by Crippen LogP contribution is 2.09. The summed E-state index contributed by atoms with van der Waals surface area (Å²) in [6.45, 7) is 5.67. The number of carbonyl (C=O) groups excluding carboxylic acids is 2. The summed E-state index contributed by atoms with van der Waals surface area (Å²) in [6.07, 6.45) is 3.22. The SMILES string of the molecule is CCCN(CCC)C(=O)c1ccnc(C(=O)NCc2ccc(F)cc2)c1. The molecule has 5 nitrogen and oxygen atoms in total. The van der Waals surface area contributed by atoms with Crippen LogP contribution >= 0.6 is 0 Å². The lowest BCUT2D eigenvalue weighted by atomic mass is 10.1. The Morgan fingerprint density at radius 1 is 1.08 bits per heavy atom. The van der Waals surface area contributed by atoms with Gasteiger partial charge in [-0.05, 0) is 42.7 Å². The predicted molar refractivity (Wildman–Crippen MR) is 98.3 cm³/mol. The first kappa shape index (κ1) is 19.6. The van der Waals surface area contributed by atoms with Crippen LogP contribution in [0.25, 0.3) is 0 Å². The van der Waals surface area contributed by atoms with Gasteiger partial charge in [0.1, 0.15) is 11.5 Å². The van der Waals surface area contributed by atoms with Crippen LogP contribution < -0.4 is 5.32 Å². The van der Waals surface area contributed by atoms with Crippen molar-refractivity contribution in [2.75, 3.05) is 13.1 Å². The van der Waals surface area contributed by atoms with E-state index in [0.29, 0.717) is 18.7 Å². The molecule has 0 aliphatic carbocycles. The highest BCUT2D eigenvalue weighted by molar-refractivity contribution is 5.98. The third kappa shape index (κ3) is 5.37. The zero-order valence-electron chi connectivity index (χ0n) is 15.2. The molecule has 0 saturated heterocycles. The van der Waals surface area contributed by atoms with Crippen LogP contribution in [0.4, 0.5) is 4.39 Å². The van der Waals surface area contributed by atoms with E-state index in [-0.39, 0.29) is 29.9 Å². The van der Waals surface area contributed by atoms with E-state index in [1.807, 2.05) is 13.8 Å². The summed E-state index contributed by atoms with van der Waals surface area (Å²) in [5.41, 5.74) is 1.42. The monoisotopic (exact) mass is 357 g/mol. The fraction of sp³-hybridized carbons (Fsp3) is 0.350. The number of hydrogen-bond acceptors (Lipinski definition) is 3. The molecule has 2 rings (SSSR count). The number of pyridine rings is 1. The molecule has 1 aromatic heterocycles. The van der Waals surface area contributed by atoms with E-state index in [4.69, 9.17) is 0 Å². The molecule has 2 amide bonds. The third-order valence-corrected chi connectivity index (χ3v) is 3.88. The summed E-state index contributed by atoms with van der Waals surface area (Å²) in [5, 5.41) is 2.73. The van der Waals surface area contributed by atoms with Crippen LogP contribution in [0.3, 0.4) is 0 Å². The van der Waals surface area contributed by atoms with Crippen LogP contribution in [-0.4, -0.2) is 34.8 Å². The van der Waals surface area contributed by atoms with E-state index < -0.39 is 0 Å². The van der Waals surface area contributed by atoms with Gasteiger partial charge in [-0.2, -0.15) is 0 Å². The Morgan fingerprint density at radius 3 is 2.35 bits per heavy atom. The summed E-state index contributed by atoms with van der Waals surface area (Å²) in [7, 11) is 0. The number of amides is 2. The average molecular weight is 357 g/mol. The number of halogens is 1. The van der Waals surface area contributed by atoms with Crippen LogP contribution in [0, 0.1) is 5.82 Å². The van der Waals surface area contributed by atoms with Crippen LogP contribution in [0.5, 0.6) is 0 Å². The zero-order chi connectivity index (χ0) is 18.9. The van der Waals surface area contributed by atoms with Crippen molar-refractivity contribution in [3.05, 3.63) is 65.2 Å². The van der Waals surface area contributed by atoms with E-state index in [2.05, 4.69) is 10.3 Å². The number of nitrogens with zero attached hydrogens (tertiary/aromatic N) is 2. The van der Waals surface area contributed by atoms with Gasteiger partial charge in [-0.3, -0.25) is 14.6 Å². The van der Waals surface area contributed by atoms with Crippen LogP contribution in [-0.2, 0) is 6.54 Å². The van der Waals surface area contributed by atoms with Crippen molar-refractivity contribution in [3.63, 3.8) is 0 Å². The molecular formula is C20H24FN3O2. The van der Waals surface area contributed by atoms with E-state index in [1.165, 1.54) is 24.4 Å². The second-order valence-electron chi connectivity index (χ2n) is 6.03. The van der Waals surface area contributed by atoms with Gasteiger partial charge in [0.25, 0.3) is 11.8 Å². The van der Waals surface area contributed by atoms with Crippen molar-refractivity contribution in [2.45, 2.75) is 33.2 Å². The minimum absolute atomic E-state index is 0.0938. The first-order valence-electron chi connectivity index (χ1n) is 8.83. The van der Waals surface area contributed by atoms with Crippen LogP contribution in [0.15, 0.2) is 42.6 Å². The number of nitrogens with one attached hydrogen (secondary N) is 1. The van der Waals surface area contributed by atoms with E-state index in [9.17, 15) is 14.0 Å². The first-order valence-corrected chi connectivity index (χ1v) is 8.83. The lowest BCUT2D eigenvalue weighted by Gasteiger charge is -2.21. The van der Waals surface area contributed by atoms with E-state index in [1.54, 1.807) is 23.1 Å². The molecule has 0 aliphatic rings. The molecule has 1 N–H and O–H groups in total. The van der Waals surface area contributed by atoms with Crippen molar-refractivity contribution in [2.24, 2.45) is 0 Å². The molecule has 0 atom stereocenters. The standard InChI is InChI=1S/C20H24FN3O2/c1-3-11-24(12-4-2)20(26)16-9-10-22-18(13-16)19(25)23-14-15-5-7-17(21)8-6-15/h5-10,13H,3-4,11-12,14H2,1-2H3,(H,23,25).